The minimum absolute atomic E-state index is 0.0683. The molecule has 0 aliphatic carbocycles. The van der Waals surface area contributed by atoms with E-state index in [1.165, 1.54) is 11.1 Å². The van der Waals surface area contributed by atoms with Crippen LogP contribution in [0.3, 0.4) is 0 Å². The van der Waals surface area contributed by atoms with E-state index in [1.54, 1.807) is 0 Å². The molecule has 0 spiro atoms. The Balaban J connectivity index is 1.71. The van der Waals surface area contributed by atoms with Crippen molar-refractivity contribution in [2.75, 3.05) is 0 Å². The van der Waals surface area contributed by atoms with Gasteiger partial charge in [0.25, 0.3) is 0 Å². The molecular formula is C16H16O2Se. The quantitative estimate of drug-likeness (QED) is 0.813. The average Bonchev–Trinajstić information content (AvgIpc) is 2.84. The summed E-state index contributed by atoms with van der Waals surface area (Å²) in [4.78, 5) is 0. The maximum atomic E-state index is 12.4. The van der Waals surface area contributed by atoms with Crippen molar-refractivity contribution < 1.29 is 8.57 Å². The standard InChI is InChI=1S/C16H16O2Se/c1-12-6-5-7-13-10-14(18-16(12)13)11-19(17)15-8-3-2-4-9-15/h2-9,14H,10-11H2,1H3. The summed E-state index contributed by atoms with van der Waals surface area (Å²) in [5.74, 6) is 0.999. The first-order valence-electron chi connectivity index (χ1n) is 6.42. The summed E-state index contributed by atoms with van der Waals surface area (Å²) in [6.45, 7) is 2.06. The second-order valence-corrected chi connectivity index (χ2v) is 7.97. The molecule has 0 bridgehead atoms. The molecule has 1 aliphatic heterocycles. The Bertz CT molecular complexity index is 607. The summed E-state index contributed by atoms with van der Waals surface area (Å²) in [6, 6.07) is 16.0. The number of aryl methyl sites for hydroxylation is 1. The van der Waals surface area contributed by atoms with Crippen molar-refractivity contribution in [3.05, 3.63) is 59.7 Å². The molecular weight excluding hydrogens is 303 g/mol. The molecule has 2 atom stereocenters. The normalized spacial score (nSPS) is 18.7. The van der Waals surface area contributed by atoms with Crippen LogP contribution in [0.4, 0.5) is 0 Å². The van der Waals surface area contributed by atoms with E-state index in [9.17, 15) is 3.83 Å². The first-order valence-corrected chi connectivity index (χ1v) is 9.19. The van der Waals surface area contributed by atoms with E-state index in [0.717, 1.165) is 16.6 Å². The molecule has 0 N–H and O–H groups in total. The summed E-state index contributed by atoms with van der Waals surface area (Å²) in [7, 11) is 0. The van der Waals surface area contributed by atoms with E-state index in [2.05, 4.69) is 25.1 Å². The van der Waals surface area contributed by atoms with Crippen LogP contribution >= 0.6 is 0 Å². The van der Waals surface area contributed by atoms with Crippen molar-refractivity contribution in [3.63, 3.8) is 0 Å². The molecule has 1 heterocycles. The second-order valence-electron chi connectivity index (χ2n) is 4.83. The van der Waals surface area contributed by atoms with Gasteiger partial charge in [-0.25, -0.2) is 0 Å². The van der Waals surface area contributed by atoms with Gasteiger partial charge in [0, 0.05) is 0 Å². The third-order valence-corrected chi connectivity index (χ3v) is 6.46. The van der Waals surface area contributed by atoms with Crippen LogP contribution in [0.5, 0.6) is 5.75 Å². The zero-order chi connectivity index (χ0) is 13.2. The van der Waals surface area contributed by atoms with Crippen LogP contribution in [0.1, 0.15) is 11.1 Å². The molecule has 2 aromatic carbocycles. The SMILES string of the molecule is Cc1cccc2c1OC(C[Se](=O)c1ccccc1)C2. The van der Waals surface area contributed by atoms with E-state index >= 15 is 0 Å². The molecule has 19 heavy (non-hydrogen) atoms. The Kier molecular flexibility index (Phi) is 3.50. The van der Waals surface area contributed by atoms with Crippen LogP contribution in [0.15, 0.2) is 48.5 Å². The zero-order valence-electron chi connectivity index (χ0n) is 10.8. The Morgan fingerprint density at radius 2 is 1.95 bits per heavy atom. The average molecular weight is 319 g/mol. The Morgan fingerprint density at radius 1 is 1.16 bits per heavy atom. The van der Waals surface area contributed by atoms with Crippen LogP contribution in [0, 0.1) is 6.92 Å². The van der Waals surface area contributed by atoms with E-state index in [-0.39, 0.29) is 6.10 Å². The second kappa shape index (κ2) is 5.28. The number of hydrogen-bond donors (Lipinski definition) is 0. The minimum atomic E-state index is -1.99. The molecule has 0 aromatic heterocycles. The van der Waals surface area contributed by atoms with Crippen LogP contribution in [-0.2, 0) is 10.3 Å². The molecule has 0 amide bonds. The Hall–Kier alpha value is -1.44. The summed E-state index contributed by atoms with van der Waals surface area (Å²) >= 11 is -1.99. The van der Waals surface area contributed by atoms with Crippen LogP contribution in [0.25, 0.3) is 0 Å². The number of hydrogen-bond acceptors (Lipinski definition) is 2. The predicted octanol–water partition coefficient (Wildman–Crippen LogP) is 2.63. The monoisotopic (exact) mass is 320 g/mol. The van der Waals surface area contributed by atoms with E-state index < -0.39 is 13.8 Å². The third kappa shape index (κ3) is 2.63. The van der Waals surface area contributed by atoms with Gasteiger partial charge in [-0.15, -0.1) is 0 Å². The Morgan fingerprint density at radius 3 is 2.68 bits per heavy atom. The fourth-order valence-corrected chi connectivity index (χ4v) is 4.90. The van der Waals surface area contributed by atoms with Crippen LogP contribution in [0.2, 0.25) is 5.32 Å². The van der Waals surface area contributed by atoms with Crippen molar-refractivity contribution in [1.82, 2.24) is 0 Å². The number of ether oxygens (including phenoxy) is 1. The Labute approximate surface area is 117 Å². The van der Waals surface area contributed by atoms with Gasteiger partial charge < -0.3 is 0 Å². The van der Waals surface area contributed by atoms with Crippen molar-refractivity contribution >= 4 is 18.3 Å². The molecule has 3 heteroatoms. The van der Waals surface area contributed by atoms with E-state index in [0.29, 0.717) is 5.32 Å². The molecule has 2 aromatic rings. The van der Waals surface area contributed by atoms with Gasteiger partial charge >= 0.3 is 117 Å². The third-order valence-electron chi connectivity index (χ3n) is 3.37. The van der Waals surface area contributed by atoms with Gasteiger partial charge in [-0.2, -0.15) is 0 Å². The number of rotatable bonds is 3. The van der Waals surface area contributed by atoms with Crippen molar-refractivity contribution in [3.8, 4) is 5.75 Å². The van der Waals surface area contributed by atoms with Gasteiger partial charge in [-0.3, -0.25) is 0 Å². The molecule has 98 valence electrons. The van der Waals surface area contributed by atoms with Gasteiger partial charge in [0.05, 0.1) is 0 Å². The molecule has 0 radical (unpaired) electrons. The van der Waals surface area contributed by atoms with E-state index in [4.69, 9.17) is 4.74 Å². The molecule has 2 unspecified atom stereocenters. The first kappa shape index (κ1) is 12.6. The molecule has 0 fully saturated rings. The van der Waals surface area contributed by atoms with Gasteiger partial charge in [-0.1, -0.05) is 0 Å². The molecule has 0 saturated heterocycles. The van der Waals surface area contributed by atoms with Crippen molar-refractivity contribution in [2.24, 2.45) is 0 Å². The molecule has 0 saturated carbocycles. The van der Waals surface area contributed by atoms with E-state index in [1.807, 2.05) is 30.3 Å². The van der Waals surface area contributed by atoms with Gasteiger partial charge in [0.2, 0.25) is 0 Å². The van der Waals surface area contributed by atoms with Crippen LogP contribution in [-0.4, -0.2) is 19.9 Å². The number of fused-ring (bicyclic) bond motifs is 1. The summed E-state index contributed by atoms with van der Waals surface area (Å²) in [5, 5.41) is 0.651. The van der Waals surface area contributed by atoms with Gasteiger partial charge in [0.15, 0.2) is 0 Å². The predicted molar refractivity (Wildman–Crippen MR) is 76.6 cm³/mol. The summed E-state index contributed by atoms with van der Waals surface area (Å²) in [6.07, 6.45) is 0.949. The molecule has 2 nitrogen and oxygen atoms in total. The van der Waals surface area contributed by atoms with Gasteiger partial charge in [0.1, 0.15) is 0 Å². The number of benzene rings is 2. The first-order chi connectivity index (χ1) is 9.24. The van der Waals surface area contributed by atoms with Crippen LogP contribution < -0.4 is 9.20 Å². The van der Waals surface area contributed by atoms with Crippen molar-refractivity contribution in [2.45, 2.75) is 24.8 Å². The topological polar surface area (TPSA) is 26.3 Å². The van der Waals surface area contributed by atoms with Gasteiger partial charge in [-0.05, 0) is 0 Å². The molecule has 1 aliphatic rings. The zero-order valence-corrected chi connectivity index (χ0v) is 12.5. The fraction of sp³-hybridized carbons (Fsp3) is 0.250. The number of para-hydroxylation sites is 1. The van der Waals surface area contributed by atoms with Crippen molar-refractivity contribution in [1.29, 1.82) is 0 Å². The molecule has 3 rings (SSSR count). The summed E-state index contributed by atoms with van der Waals surface area (Å²) < 4.78 is 19.3. The summed E-state index contributed by atoms with van der Waals surface area (Å²) in [5.41, 5.74) is 2.42. The maximum absolute atomic E-state index is 12.4. The fourth-order valence-electron chi connectivity index (χ4n) is 2.43.